The molecule has 1 aromatic heterocycles. The Hall–Kier alpha value is -0.870. The summed E-state index contributed by atoms with van der Waals surface area (Å²) in [5.74, 6) is 0. The molecule has 0 radical (unpaired) electrons. The molecule has 4 heteroatoms. The van der Waals surface area contributed by atoms with Crippen molar-refractivity contribution in [3.8, 4) is 0 Å². The van der Waals surface area contributed by atoms with Crippen molar-refractivity contribution in [2.45, 2.75) is 18.6 Å². The van der Waals surface area contributed by atoms with E-state index in [1.54, 1.807) is 6.20 Å². The normalized spacial score (nSPS) is 20.4. The fraction of sp³-hybridized carbons (Fsp3) is 0.625. The van der Waals surface area contributed by atoms with Gasteiger partial charge in [0.15, 0.2) is 0 Å². The summed E-state index contributed by atoms with van der Waals surface area (Å²) in [5, 5.41) is 16.8. The van der Waals surface area contributed by atoms with Crippen LogP contribution in [0.4, 0.5) is 0 Å². The lowest BCUT2D eigenvalue weighted by atomic mass is 9.93. The van der Waals surface area contributed by atoms with Crippen LogP contribution >= 0.6 is 0 Å². The summed E-state index contributed by atoms with van der Waals surface area (Å²) in [7, 11) is 0. The van der Waals surface area contributed by atoms with E-state index in [0.717, 1.165) is 13.0 Å². The highest BCUT2D eigenvalue weighted by Crippen LogP contribution is 2.15. The molecule has 1 saturated heterocycles. The van der Waals surface area contributed by atoms with Gasteiger partial charge in [-0.2, -0.15) is 5.10 Å². The average molecular weight is 167 g/mol. The first-order chi connectivity index (χ1) is 5.79. The summed E-state index contributed by atoms with van der Waals surface area (Å²) in [6, 6.07) is 1.89. The van der Waals surface area contributed by atoms with E-state index in [0.29, 0.717) is 13.1 Å². The molecule has 4 nitrogen and oxygen atoms in total. The molecule has 0 saturated carbocycles. The first-order valence-corrected chi connectivity index (χ1v) is 4.19. The molecule has 0 amide bonds. The third-order valence-electron chi connectivity index (χ3n) is 2.27. The van der Waals surface area contributed by atoms with E-state index in [4.69, 9.17) is 0 Å². The first kappa shape index (κ1) is 7.76. The van der Waals surface area contributed by atoms with E-state index in [-0.39, 0.29) is 0 Å². The highest BCUT2D eigenvalue weighted by atomic mass is 16.3. The zero-order chi connectivity index (χ0) is 8.44. The van der Waals surface area contributed by atoms with Gasteiger partial charge in [0.1, 0.15) is 0 Å². The van der Waals surface area contributed by atoms with Crippen LogP contribution in [0.1, 0.15) is 6.42 Å². The van der Waals surface area contributed by atoms with Gasteiger partial charge in [0.2, 0.25) is 0 Å². The predicted molar refractivity (Wildman–Crippen MR) is 44.7 cm³/mol. The molecule has 1 aromatic rings. The van der Waals surface area contributed by atoms with E-state index in [1.165, 1.54) is 0 Å². The monoisotopic (exact) mass is 167 g/mol. The van der Waals surface area contributed by atoms with Gasteiger partial charge in [-0.05, 0) is 12.5 Å². The Bertz CT molecular complexity index is 241. The summed E-state index contributed by atoms with van der Waals surface area (Å²) in [6.07, 6.45) is 4.44. The van der Waals surface area contributed by atoms with E-state index < -0.39 is 5.60 Å². The van der Waals surface area contributed by atoms with Gasteiger partial charge in [-0.25, -0.2) is 0 Å². The van der Waals surface area contributed by atoms with Gasteiger partial charge in [0, 0.05) is 32.0 Å². The molecule has 2 heterocycles. The molecule has 66 valence electrons. The first-order valence-electron chi connectivity index (χ1n) is 4.19. The van der Waals surface area contributed by atoms with Gasteiger partial charge in [-0.3, -0.25) is 4.68 Å². The molecule has 0 spiro atoms. The third kappa shape index (κ3) is 1.49. The van der Waals surface area contributed by atoms with Crippen molar-refractivity contribution in [1.82, 2.24) is 15.1 Å². The highest BCUT2D eigenvalue weighted by Gasteiger charge is 2.33. The van der Waals surface area contributed by atoms with Crippen LogP contribution in [-0.4, -0.2) is 33.6 Å². The van der Waals surface area contributed by atoms with Crippen molar-refractivity contribution in [3.05, 3.63) is 18.5 Å². The summed E-state index contributed by atoms with van der Waals surface area (Å²) in [6.45, 7) is 2.23. The quantitative estimate of drug-likeness (QED) is 0.644. The zero-order valence-electron chi connectivity index (χ0n) is 6.90. The van der Waals surface area contributed by atoms with Crippen LogP contribution in [0.15, 0.2) is 18.5 Å². The van der Waals surface area contributed by atoms with E-state index in [2.05, 4.69) is 10.4 Å². The summed E-state index contributed by atoms with van der Waals surface area (Å²) < 4.78 is 1.84. The van der Waals surface area contributed by atoms with Crippen LogP contribution in [0, 0.1) is 0 Å². The maximum absolute atomic E-state index is 9.71. The van der Waals surface area contributed by atoms with Crippen LogP contribution < -0.4 is 5.32 Å². The van der Waals surface area contributed by atoms with Crippen LogP contribution in [0.3, 0.4) is 0 Å². The number of aliphatic hydroxyl groups is 1. The molecular formula is C8H13N3O. The van der Waals surface area contributed by atoms with Crippen LogP contribution in [-0.2, 0) is 6.54 Å². The van der Waals surface area contributed by atoms with Crippen LogP contribution in [0.5, 0.6) is 0 Å². The lowest BCUT2D eigenvalue weighted by molar-refractivity contribution is -0.0211. The summed E-state index contributed by atoms with van der Waals surface area (Å²) in [4.78, 5) is 0. The standard InChI is InChI=1S/C8H13N3O/c12-8(6-9-7-8)2-5-11-4-1-3-10-11/h1,3-4,9,12H,2,5-7H2. The molecule has 0 bridgehead atoms. The number of rotatable bonds is 3. The minimum atomic E-state index is -0.480. The van der Waals surface area contributed by atoms with Crippen molar-refractivity contribution in [1.29, 1.82) is 0 Å². The molecule has 2 N–H and O–H groups in total. The number of aryl methyl sites for hydroxylation is 1. The Morgan fingerprint density at radius 3 is 2.92 bits per heavy atom. The van der Waals surface area contributed by atoms with Gasteiger partial charge < -0.3 is 10.4 Å². The second-order valence-corrected chi connectivity index (χ2v) is 3.35. The Morgan fingerprint density at radius 1 is 1.58 bits per heavy atom. The van der Waals surface area contributed by atoms with E-state index in [9.17, 15) is 5.11 Å². The fourth-order valence-corrected chi connectivity index (χ4v) is 1.35. The van der Waals surface area contributed by atoms with Gasteiger partial charge in [0.25, 0.3) is 0 Å². The van der Waals surface area contributed by atoms with E-state index >= 15 is 0 Å². The molecular weight excluding hydrogens is 154 g/mol. The number of hydrogen-bond donors (Lipinski definition) is 2. The Labute approximate surface area is 71.2 Å². The molecule has 0 aromatic carbocycles. The average Bonchev–Trinajstić information content (AvgIpc) is 2.49. The molecule has 2 rings (SSSR count). The van der Waals surface area contributed by atoms with Crippen molar-refractivity contribution in [2.24, 2.45) is 0 Å². The fourth-order valence-electron chi connectivity index (χ4n) is 1.35. The molecule has 1 aliphatic rings. The largest absolute Gasteiger partial charge is 0.387 e. The Morgan fingerprint density at radius 2 is 2.42 bits per heavy atom. The molecule has 0 unspecified atom stereocenters. The van der Waals surface area contributed by atoms with E-state index in [1.807, 2.05) is 16.9 Å². The minimum Gasteiger partial charge on any atom is -0.387 e. The molecule has 0 aliphatic carbocycles. The molecule has 12 heavy (non-hydrogen) atoms. The molecule has 0 atom stereocenters. The zero-order valence-corrected chi connectivity index (χ0v) is 6.90. The third-order valence-corrected chi connectivity index (χ3v) is 2.27. The van der Waals surface area contributed by atoms with Gasteiger partial charge in [-0.15, -0.1) is 0 Å². The van der Waals surface area contributed by atoms with Gasteiger partial charge in [0.05, 0.1) is 5.60 Å². The number of aromatic nitrogens is 2. The maximum atomic E-state index is 9.71. The Balaban J connectivity index is 1.82. The number of hydrogen-bond acceptors (Lipinski definition) is 3. The lowest BCUT2D eigenvalue weighted by Gasteiger charge is -2.37. The topological polar surface area (TPSA) is 50.1 Å². The van der Waals surface area contributed by atoms with Crippen molar-refractivity contribution < 1.29 is 5.11 Å². The number of nitrogens with zero attached hydrogens (tertiary/aromatic N) is 2. The van der Waals surface area contributed by atoms with Crippen molar-refractivity contribution in [2.75, 3.05) is 13.1 Å². The maximum Gasteiger partial charge on any atom is 0.0912 e. The minimum absolute atomic E-state index is 0.480. The summed E-state index contributed by atoms with van der Waals surface area (Å²) in [5.41, 5.74) is -0.480. The van der Waals surface area contributed by atoms with Crippen molar-refractivity contribution >= 4 is 0 Å². The summed E-state index contributed by atoms with van der Waals surface area (Å²) >= 11 is 0. The van der Waals surface area contributed by atoms with Crippen LogP contribution in [0.2, 0.25) is 0 Å². The molecule has 1 aliphatic heterocycles. The second kappa shape index (κ2) is 2.88. The highest BCUT2D eigenvalue weighted by molar-refractivity contribution is 4.92. The predicted octanol–water partition coefficient (Wildman–Crippen LogP) is -0.393. The number of β-amino-alcohol motifs (C(OH)–C–C–N with tert-alkyl or cyclic N) is 1. The Kier molecular flexibility index (Phi) is 1.86. The SMILES string of the molecule is OC1(CCn2cccn2)CNC1. The van der Waals surface area contributed by atoms with Crippen molar-refractivity contribution in [3.63, 3.8) is 0 Å². The van der Waals surface area contributed by atoms with Gasteiger partial charge >= 0.3 is 0 Å². The molecule has 1 fully saturated rings. The number of nitrogens with one attached hydrogen (secondary N) is 1. The smallest absolute Gasteiger partial charge is 0.0912 e. The van der Waals surface area contributed by atoms with Gasteiger partial charge in [-0.1, -0.05) is 0 Å². The second-order valence-electron chi connectivity index (χ2n) is 3.35. The lowest BCUT2D eigenvalue weighted by Crippen LogP contribution is -2.59. The van der Waals surface area contributed by atoms with Crippen LogP contribution in [0.25, 0.3) is 0 Å².